The Hall–Kier alpha value is -2.86. The molecule has 2 aromatic rings. The number of carbonyl (C=O) groups is 2. The summed E-state index contributed by atoms with van der Waals surface area (Å²) in [7, 11) is 4.00. The molecule has 35 heavy (non-hydrogen) atoms. The zero-order valence-corrected chi connectivity index (χ0v) is 21.9. The highest BCUT2D eigenvalue weighted by molar-refractivity contribution is 5.91. The second-order valence-corrected chi connectivity index (χ2v) is 10.1. The Kier molecular flexibility index (Phi) is 9.73. The molecule has 0 saturated carbocycles. The number of rotatable bonds is 11. The molecule has 6 nitrogen and oxygen atoms in total. The molecule has 1 heterocycles. The molecule has 3 rings (SSSR count). The van der Waals surface area contributed by atoms with Gasteiger partial charge in [0.15, 0.2) is 0 Å². The zero-order chi connectivity index (χ0) is 25.4. The summed E-state index contributed by atoms with van der Waals surface area (Å²) in [6.45, 7) is 7.92. The van der Waals surface area contributed by atoms with Gasteiger partial charge in [-0.05, 0) is 54.5 Å². The van der Waals surface area contributed by atoms with E-state index in [1.807, 2.05) is 81.4 Å². The Balaban J connectivity index is 1.90. The quantitative estimate of drug-likeness (QED) is 0.466. The SMILES string of the molecule is CCC(C(=O)N(Cc1cc(NC(=O)CC(C)C)ccc1N(C)C)CC1CCCO1)c1ccccc1. The Labute approximate surface area is 210 Å². The zero-order valence-electron chi connectivity index (χ0n) is 21.9. The molecule has 1 N–H and O–H groups in total. The van der Waals surface area contributed by atoms with Crippen LogP contribution in [0.15, 0.2) is 48.5 Å². The van der Waals surface area contributed by atoms with Gasteiger partial charge < -0.3 is 19.9 Å². The fourth-order valence-corrected chi connectivity index (χ4v) is 4.74. The second-order valence-electron chi connectivity index (χ2n) is 10.1. The third-order valence-electron chi connectivity index (χ3n) is 6.47. The van der Waals surface area contributed by atoms with Gasteiger partial charge in [-0.15, -0.1) is 0 Å². The topological polar surface area (TPSA) is 61.9 Å². The van der Waals surface area contributed by atoms with Gasteiger partial charge in [0.1, 0.15) is 0 Å². The van der Waals surface area contributed by atoms with Crippen LogP contribution in [0.4, 0.5) is 11.4 Å². The first-order valence-corrected chi connectivity index (χ1v) is 12.8. The average Bonchev–Trinajstić information content (AvgIpc) is 3.32. The van der Waals surface area contributed by atoms with Crippen LogP contribution in [0.5, 0.6) is 0 Å². The molecular formula is C29H41N3O3. The molecule has 1 aliphatic heterocycles. The van der Waals surface area contributed by atoms with Crippen molar-refractivity contribution in [3.63, 3.8) is 0 Å². The van der Waals surface area contributed by atoms with Crippen LogP contribution in [0.25, 0.3) is 0 Å². The second kappa shape index (κ2) is 12.7. The third kappa shape index (κ3) is 7.56. The molecule has 2 aromatic carbocycles. The van der Waals surface area contributed by atoms with Crippen molar-refractivity contribution >= 4 is 23.2 Å². The molecule has 1 aliphatic rings. The Bertz CT molecular complexity index is 968. The fraction of sp³-hybridized carbons (Fsp3) is 0.517. The predicted octanol–water partition coefficient (Wildman–Crippen LogP) is 5.44. The van der Waals surface area contributed by atoms with E-state index >= 15 is 0 Å². The van der Waals surface area contributed by atoms with E-state index in [0.29, 0.717) is 25.4 Å². The number of amides is 2. The molecule has 0 radical (unpaired) electrons. The largest absolute Gasteiger partial charge is 0.377 e. The number of hydrogen-bond donors (Lipinski definition) is 1. The van der Waals surface area contributed by atoms with Crippen molar-refractivity contribution in [3.05, 3.63) is 59.7 Å². The van der Waals surface area contributed by atoms with Crippen molar-refractivity contribution in [2.45, 2.75) is 65.0 Å². The number of ether oxygens (including phenoxy) is 1. The van der Waals surface area contributed by atoms with Gasteiger partial charge >= 0.3 is 0 Å². The lowest BCUT2D eigenvalue weighted by Crippen LogP contribution is -2.40. The Morgan fingerprint density at radius 3 is 2.46 bits per heavy atom. The van der Waals surface area contributed by atoms with Gasteiger partial charge in [0.25, 0.3) is 0 Å². The minimum atomic E-state index is -0.200. The van der Waals surface area contributed by atoms with E-state index < -0.39 is 0 Å². The van der Waals surface area contributed by atoms with Crippen molar-refractivity contribution in [1.82, 2.24) is 4.90 Å². The van der Waals surface area contributed by atoms with E-state index in [0.717, 1.165) is 48.4 Å². The van der Waals surface area contributed by atoms with E-state index in [4.69, 9.17) is 4.74 Å². The highest BCUT2D eigenvalue weighted by Gasteiger charge is 2.29. The van der Waals surface area contributed by atoms with E-state index in [-0.39, 0.29) is 23.8 Å². The molecule has 0 aromatic heterocycles. The lowest BCUT2D eigenvalue weighted by Gasteiger charge is -2.31. The van der Waals surface area contributed by atoms with Gasteiger partial charge in [-0.25, -0.2) is 0 Å². The first kappa shape index (κ1) is 26.7. The van der Waals surface area contributed by atoms with Crippen LogP contribution >= 0.6 is 0 Å². The minimum Gasteiger partial charge on any atom is -0.377 e. The van der Waals surface area contributed by atoms with Crippen LogP contribution in [0.1, 0.15) is 63.5 Å². The van der Waals surface area contributed by atoms with Crippen LogP contribution in [-0.4, -0.2) is 50.1 Å². The molecule has 1 saturated heterocycles. The summed E-state index contributed by atoms with van der Waals surface area (Å²) in [5, 5.41) is 3.03. The van der Waals surface area contributed by atoms with Crippen molar-refractivity contribution in [3.8, 4) is 0 Å². The molecule has 2 amide bonds. The first-order chi connectivity index (χ1) is 16.8. The number of hydrogen-bond acceptors (Lipinski definition) is 4. The maximum absolute atomic E-state index is 13.9. The molecular weight excluding hydrogens is 438 g/mol. The molecule has 6 heteroatoms. The van der Waals surface area contributed by atoms with E-state index in [9.17, 15) is 9.59 Å². The average molecular weight is 480 g/mol. The number of nitrogens with one attached hydrogen (secondary N) is 1. The standard InChI is InChI=1S/C29H41N3O3/c1-6-26(22-11-8-7-9-12-22)29(34)32(20-25-13-10-16-35-25)19-23-18-24(14-15-27(23)31(4)5)30-28(33)17-21(2)3/h7-9,11-12,14-15,18,21,25-26H,6,10,13,16-17,19-20H2,1-5H3,(H,30,33). The van der Waals surface area contributed by atoms with Gasteiger partial charge in [0.2, 0.25) is 11.8 Å². The van der Waals surface area contributed by atoms with Gasteiger partial charge in [-0.2, -0.15) is 0 Å². The fourth-order valence-electron chi connectivity index (χ4n) is 4.74. The van der Waals surface area contributed by atoms with E-state index in [1.54, 1.807) is 0 Å². The maximum Gasteiger partial charge on any atom is 0.230 e. The predicted molar refractivity (Wildman–Crippen MR) is 143 cm³/mol. The maximum atomic E-state index is 13.9. The van der Waals surface area contributed by atoms with Crippen LogP contribution in [0.3, 0.4) is 0 Å². The first-order valence-electron chi connectivity index (χ1n) is 12.8. The molecule has 0 bridgehead atoms. The van der Waals surface area contributed by atoms with E-state index in [1.165, 1.54) is 0 Å². The highest BCUT2D eigenvalue weighted by atomic mass is 16.5. The monoisotopic (exact) mass is 479 g/mol. The van der Waals surface area contributed by atoms with Crippen molar-refractivity contribution in [2.75, 3.05) is 37.5 Å². The smallest absolute Gasteiger partial charge is 0.230 e. The highest BCUT2D eigenvalue weighted by Crippen LogP contribution is 2.29. The summed E-state index contributed by atoms with van der Waals surface area (Å²) < 4.78 is 5.92. The van der Waals surface area contributed by atoms with Gasteiger partial charge in [0, 0.05) is 51.6 Å². The van der Waals surface area contributed by atoms with Crippen molar-refractivity contribution < 1.29 is 14.3 Å². The molecule has 0 aliphatic carbocycles. The lowest BCUT2D eigenvalue weighted by molar-refractivity contribution is -0.135. The van der Waals surface area contributed by atoms with Gasteiger partial charge in [-0.1, -0.05) is 51.1 Å². The van der Waals surface area contributed by atoms with E-state index in [2.05, 4.69) is 17.1 Å². The van der Waals surface area contributed by atoms with Gasteiger partial charge in [-0.3, -0.25) is 9.59 Å². The van der Waals surface area contributed by atoms with Crippen LogP contribution in [-0.2, 0) is 20.9 Å². The summed E-state index contributed by atoms with van der Waals surface area (Å²) in [6, 6.07) is 16.0. The van der Waals surface area contributed by atoms with Gasteiger partial charge in [0.05, 0.1) is 12.0 Å². The van der Waals surface area contributed by atoms with Crippen LogP contribution in [0.2, 0.25) is 0 Å². The normalized spacial score (nSPS) is 16.2. The molecule has 2 atom stereocenters. The summed E-state index contributed by atoms with van der Waals surface area (Å²) >= 11 is 0. The van der Waals surface area contributed by atoms with Crippen LogP contribution in [0, 0.1) is 5.92 Å². The van der Waals surface area contributed by atoms with Crippen LogP contribution < -0.4 is 10.2 Å². The Morgan fingerprint density at radius 2 is 1.86 bits per heavy atom. The number of carbonyl (C=O) groups excluding carboxylic acids is 2. The molecule has 1 fully saturated rings. The number of anilines is 2. The summed E-state index contributed by atoms with van der Waals surface area (Å²) in [4.78, 5) is 30.3. The summed E-state index contributed by atoms with van der Waals surface area (Å²) in [5.41, 5.74) is 3.84. The minimum absolute atomic E-state index is 0.00552. The van der Waals surface area contributed by atoms with Crippen molar-refractivity contribution in [2.24, 2.45) is 5.92 Å². The summed E-state index contributed by atoms with van der Waals surface area (Å²) in [6.07, 6.45) is 3.27. The summed E-state index contributed by atoms with van der Waals surface area (Å²) in [5.74, 6) is 0.215. The molecule has 2 unspecified atom stereocenters. The lowest BCUT2D eigenvalue weighted by atomic mass is 9.94. The van der Waals surface area contributed by atoms with Crippen molar-refractivity contribution in [1.29, 1.82) is 0 Å². The molecule has 0 spiro atoms. The molecule has 190 valence electrons. The number of nitrogens with zero attached hydrogens (tertiary/aromatic N) is 2. The number of benzene rings is 2. The third-order valence-corrected chi connectivity index (χ3v) is 6.47. The Morgan fingerprint density at radius 1 is 1.11 bits per heavy atom.